The van der Waals surface area contributed by atoms with Gasteiger partial charge in [-0.05, 0) is 28.1 Å². The lowest BCUT2D eigenvalue weighted by molar-refractivity contribution is 0.0700. The SMILES string of the molecule is O=C(Oc1ccncc1Br)c1ccco1. The minimum Gasteiger partial charge on any atom is -0.457 e. The molecule has 2 rings (SSSR count). The first-order chi connectivity index (χ1) is 7.27. The molecule has 0 radical (unpaired) electrons. The number of pyridine rings is 1. The van der Waals surface area contributed by atoms with E-state index in [1.54, 1.807) is 18.3 Å². The zero-order valence-electron chi connectivity index (χ0n) is 7.51. The summed E-state index contributed by atoms with van der Waals surface area (Å²) in [6, 6.07) is 4.75. The van der Waals surface area contributed by atoms with Gasteiger partial charge in [-0.3, -0.25) is 4.98 Å². The fraction of sp³-hybridized carbons (Fsp3) is 0. The third-order valence-electron chi connectivity index (χ3n) is 1.66. The summed E-state index contributed by atoms with van der Waals surface area (Å²) < 4.78 is 10.6. The Labute approximate surface area is 94.0 Å². The average molecular weight is 268 g/mol. The zero-order valence-corrected chi connectivity index (χ0v) is 9.10. The van der Waals surface area contributed by atoms with Gasteiger partial charge in [-0.15, -0.1) is 0 Å². The molecule has 0 bridgehead atoms. The maximum absolute atomic E-state index is 11.5. The maximum Gasteiger partial charge on any atom is 0.379 e. The van der Waals surface area contributed by atoms with Gasteiger partial charge in [0.1, 0.15) is 5.75 Å². The second-order valence-corrected chi connectivity index (χ2v) is 3.53. The highest BCUT2D eigenvalue weighted by Gasteiger charge is 2.12. The van der Waals surface area contributed by atoms with Gasteiger partial charge in [-0.1, -0.05) is 0 Å². The van der Waals surface area contributed by atoms with Gasteiger partial charge < -0.3 is 9.15 Å². The molecule has 5 heteroatoms. The third kappa shape index (κ3) is 2.24. The molecule has 2 heterocycles. The van der Waals surface area contributed by atoms with Crippen LogP contribution in [0.4, 0.5) is 0 Å². The van der Waals surface area contributed by atoms with Crippen LogP contribution in [0.5, 0.6) is 5.75 Å². The average Bonchev–Trinajstić information content (AvgIpc) is 2.74. The summed E-state index contributed by atoms with van der Waals surface area (Å²) in [5, 5.41) is 0. The van der Waals surface area contributed by atoms with Crippen LogP contribution in [0.3, 0.4) is 0 Å². The van der Waals surface area contributed by atoms with Crippen molar-refractivity contribution < 1.29 is 13.9 Å². The minimum atomic E-state index is -0.535. The fourth-order valence-electron chi connectivity index (χ4n) is 0.990. The van der Waals surface area contributed by atoms with E-state index in [0.29, 0.717) is 10.2 Å². The summed E-state index contributed by atoms with van der Waals surface area (Å²) in [7, 11) is 0. The lowest BCUT2D eigenvalue weighted by Gasteiger charge is -2.02. The number of hydrogen-bond acceptors (Lipinski definition) is 4. The second kappa shape index (κ2) is 4.27. The summed E-state index contributed by atoms with van der Waals surface area (Å²) in [6.45, 7) is 0. The molecule has 15 heavy (non-hydrogen) atoms. The Balaban J connectivity index is 2.17. The largest absolute Gasteiger partial charge is 0.457 e. The molecule has 0 fully saturated rings. The molecule has 0 saturated heterocycles. The molecule has 0 unspecified atom stereocenters. The predicted octanol–water partition coefficient (Wildman–Crippen LogP) is 2.66. The van der Waals surface area contributed by atoms with Crippen LogP contribution in [0.15, 0.2) is 45.7 Å². The lowest BCUT2D eigenvalue weighted by atomic mass is 10.4. The molecule has 2 aromatic rings. The predicted molar refractivity (Wildman–Crippen MR) is 55.6 cm³/mol. The molecule has 0 aliphatic carbocycles. The topological polar surface area (TPSA) is 52.3 Å². The fourth-order valence-corrected chi connectivity index (χ4v) is 1.32. The highest BCUT2D eigenvalue weighted by Crippen LogP contribution is 2.23. The first kappa shape index (κ1) is 9.92. The van der Waals surface area contributed by atoms with Gasteiger partial charge in [-0.2, -0.15) is 0 Å². The highest BCUT2D eigenvalue weighted by molar-refractivity contribution is 9.10. The van der Waals surface area contributed by atoms with Crippen LogP contribution in [-0.4, -0.2) is 11.0 Å². The summed E-state index contributed by atoms with van der Waals surface area (Å²) in [4.78, 5) is 15.3. The quantitative estimate of drug-likeness (QED) is 0.785. The van der Waals surface area contributed by atoms with Crippen LogP contribution < -0.4 is 4.74 Å². The van der Waals surface area contributed by atoms with Crippen molar-refractivity contribution in [3.8, 4) is 5.75 Å². The number of ether oxygens (including phenoxy) is 1. The van der Waals surface area contributed by atoms with Crippen molar-refractivity contribution in [3.63, 3.8) is 0 Å². The summed E-state index contributed by atoms with van der Waals surface area (Å²) >= 11 is 3.22. The van der Waals surface area contributed by atoms with Crippen molar-refractivity contribution in [3.05, 3.63) is 47.1 Å². The van der Waals surface area contributed by atoms with Crippen molar-refractivity contribution in [2.75, 3.05) is 0 Å². The molecule has 4 nitrogen and oxygen atoms in total. The van der Waals surface area contributed by atoms with Crippen LogP contribution in [0, 0.1) is 0 Å². The van der Waals surface area contributed by atoms with Gasteiger partial charge in [0.15, 0.2) is 0 Å². The van der Waals surface area contributed by atoms with E-state index in [-0.39, 0.29) is 5.76 Å². The molecule has 0 aromatic carbocycles. The van der Waals surface area contributed by atoms with Crippen molar-refractivity contribution in [2.45, 2.75) is 0 Å². The van der Waals surface area contributed by atoms with Crippen molar-refractivity contribution in [1.82, 2.24) is 4.98 Å². The number of rotatable bonds is 2. The molecule has 0 atom stereocenters. The van der Waals surface area contributed by atoms with E-state index in [1.807, 2.05) is 0 Å². The monoisotopic (exact) mass is 267 g/mol. The minimum absolute atomic E-state index is 0.165. The van der Waals surface area contributed by atoms with E-state index in [2.05, 4.69) is 20.9 Å². The molecule has 0 aliphatic rings. The third-order valence-corrected chi connectivity index (χ3v) is 2.26. The van der Waals surface area contributed by atoms with Gasteiger partial charge >= 0.3 is 5.97 Å². The number of esters is 1. The van der Waals surface area contributed by atoms with E-state index in [1.165, 1.54) is 18.5 Å². The number of hydrogen-bond donors (Lipinski definition) is 0. The highest BCUT2D eigenvalue weighted by atomic mass is 79.9. The molecule has 76 valence electrons. The lowest BCUT2D eigenvalue weighted by Crippen LogP contribution is -2.07. The van der Waals surface area contributed by atoms with E-state index in [4.69, 9.17) is 9.15 Å². The molecule has 0 saturated carbocycles. The molecule has 0 N–H and O–H groups in total. The Morgan fingerprint density at radius 3 is 3.00 bits per heavy atom. The van der Waals surface area contributed by atoms with Crippen LogP contribution in [0.1, 0.15) is 10.6 Å². The number of furan rings is 1. The van der Waals surface area contributed by atoms with E-state index in [9.17, 15) is 4.79 Å². The van der Waals surface area contributed by atoms with Gasteiger partial charge in [0, 0.05) is 18.5 Å². The Hall–Kier alpha value is -1.62. The molecule has 2 aromatic heterocycles. The van der Waals surface area contributed by atoms with Crippen LogP contribution >= 0.6 is 15.9 Å². The van der Waals surface area contributed by atoms with Gasteiger partial charge in [0.2, 0.25) is 5.76 Å². The number of aromatic nitrogens is 1. The number of nitrogens with zero attached hydrogens (tertiary/aromatic N) is 1. The molecule has 0 spiro atoms. The Bertz CT molecular complexity index is 467. The van der Waals surface area contributed by atoms with Gasteiger partial charge in [-0.25, -0.2) is 4.79 Å². The van der Waals surface area contributed by atoms with Crippen LogP contribution in [0.25, 0.3) is 0 Å². The van der Waals surface area contributed by atoms with E-state index < -0.39 is 5.97 Å². The molecule has 0 aliphatic heterocycles. The second-order valence-electron chi connectivity index (χ2n) is 2.67. The smallest absolute Gasteiger partial charge is 0.379 e. The normalized spacial score (nSPS) is 9.93. The van der Waals surface area contributed by atoms with E-state index >= 15 is 0 Å². The Kier molecular flexibility index (Phi) is 2.82. The zero-order chi connectivity index (χ0) is 10.7. The summed E-state index contributed by atoms with van der Waals surface area (Å²) in [5.41, 5.74) is 0. The van der Waals surface area contributed by atoms with Crippen molar-refractivity contribution in [1.29, 1.82) is 0 Å². The van der Waals surface area contributed by atoms with Crippen molar-refractivity contribution >= 4 is 21.9 Å². The Morgan fingerprint density at radius 2 is 2.33 bits per heavy atom. The van der Waals surface area contributed by atoms with E-state index in [0.717, 1.165) is 0 Å². The van der Waals surface area contributed by atoms with Crippen LogP contribution in [0.2, 0.25) is 0 Å². The van der Waals surface area contributed by atoms with Gasteiger partial charge in [0.05, 0.1) is 10.7 Å². The summed E-state index contributed by atoms with van der Waals surface area (Å²) in [6.07, 6.45) is 4.50. The molecule has 0 amide bonds. The summed E-state index contributed by atoms with van der Waals surface area (Å²) in [5.74, 6) is 0.0389. The number of halogens is 1. The maximum atomic E-state index is 11.5. The molecular formula is C10H6BrNO3. The van der Waals surface area contributed by atoms with Crippen molar-refractivity contribution in [2.24, 2.45) is 0 Å². The number of carbonyl (C=O) groups excluding carboxylic acids is 1. The first-order valence-electron chi connectivity index (χ1n) is 4.12. The van der Waals surface area contributed by atoms with Crippen LogP contribution in [-0.2, 0) is 0 Å². The van der Waals surface area contributed by atoms with Gasteiger partial charge in [0.25, 0.3) is 0 Å². The Morgan fingerprint density at radius 1 is 1.47 bits per heavy atom. The number of carbonyl (C=O) groups is 1. The first-order valence-corrected chi connectivity index (χ1v) is 4.92. The molecular weight excluding hydrogens is 262 g/mol. The standard InChI is InChI=1S/C10H6BrNO3/c11-7-6-12-4-3-8(7)15-10(13)9-2-1-5-14-9/h1-6H.